The summed E-state index contributed by atoms with van der Waals surface area (Å²) in [6.07, 6.45) is -0.683. The SMILES string of the molecule is CCN(C(=O)c1sc2nc(C)[nH]c(=O)c2c1C)C1COCC1O. The van der Waals surface area contributed by atoms with Crippen molar-refractivity contribution < 1.29 is 14.6 Å². The first-order chi connectivity index (χ1) is 10.9. The van der Waals surface area contributed by atoms with Gasteiger partial charge in [0.15, 0.2) is 0 Å². The number of aromatic amines is 1. The van der Waals surface area contributed by atoms with Crippen LogP contribution < -0.4 is 5.56 Å². The minimum atomic E-state index is -0.683. The monoisotopic (exact) mass is 337 g/mol. The Labute approximate surface area is 136 Å². The van der Waals surface area contributed by atoms with Crippen LogP contribution in [0.4, 0.5) is 0 Å². The number of carbonyl (C=O) groups is 1. The van der Waals surface area contributed by atoms with E-state index in [4.69, 9.17) is 4.74 Å². The van der Waals surface area contributed by atoms with Crippen molar-refractivity contribution in [3.05, 3.63) is 26.6 Å². The van der Waals surface area contributed by atoms with Gasteiger partial charge in [0.05, 0.1) is 35.6 Å². The molecule has 2 aromatic rings. The number of ether oxygens (including phenoxy) is 1. The lowest BCUT2D eigenvalue weighted by atomic mass is 10.1. The number of likely N-dealkylation sites (N-methyl/N-ethyl adjacent to an activating group) is 1. The molecule has 1 fully saturated rings. The van der Waals surface area contributed by atoms with Gasteiger partial charge in [-0.25, -0.2) is 4.98 Å². The number of nitrogens with zero attached hydrogens (tertiary/aromatic N) is 2. The molecule has 2 N–H and O–H groups in total. The average Bonchev–Trinajstić information content (AvgIpc) is 3.04. The number of aryl methyl sites for hydroxylation is 2. The quantitative estimate of drug-likeness (QED) is 0.865. The Morgan fingerprint density at radius 2 is 2.22 bits per heavy atom. The Morgan fingerprint density at radius 3 is 2.83 bits per heavy atom. The fourth-order valence-electron chi connectivity index (χ4n) is 2.94. The summed E-state index contributed by atoms with van der Waals surface area (Å²) in [5, 5.41) is 10.5. The van der Waals surface area contributed by atoms with E-state index in [1.165, 1.54) is 11.3 Å². The third-order valence-electron chi connectivity index (χ3n) is 4.14. The number of hydrogen-bond acceptors (Lipinski definition) is 6. The summed E-state index contributed by atoms with van der Waals surface area (Å²) < 4.78 is 5.25. The van der Waals surface area contributed by atoms with Crippen molar-refractivity contribution in [2.45, 2.75) is 32.9 Å². The highest BCUT2D eigenvalue weighted by molar-refractivity contribution is 7.20. The molecule has 0 radical (unpaired) electrons. The molecule has 2 atom stereocenters. The van der Waals surface area contributed by atoms with E-state index in [0.717, 1.165) is 0 Å². The number of carbonyl (C=O) groups excluding carboxylic acids is 1. The molecule has 0 aliphatic carbocycles. The maximum absolute atomic E-state index is 12.9. The van der Waals surface area contributed by atoms with Crippen LogP contribution in [-0.2, 0) is 4.74 Å². The highest BCUT2D eigenvalue weighted by Gasteiger charge is 2.35. The Morgan fingerprint density at radius 1 is 1.48 bits per heavy atom. The largest absolute Gasteiger partial charge is 0.388 e. The Balaban J connectivity index is 2.05. The molecule has 3 rings (SSSR count). The molecule has 8 heteroatoms. The van der Waals surface area contributed by atoms with E-state index in [2.05, 4.69) is 9.97 Å². The van der Waals surface area contributed by atoms with Crippen molar-refractivity contribution in [1.29, 1.82) is 0 Å². The first kappa shape index (κ1) is 16.1. The van der Waals surface area contributed by atoms with Crippen LogP contribution in [0.25, 0.3) is 10.2 Å². The molecule has 0 saturated carbocycles. The molecular formula is C15H19N3O4S. The number of amides is 1. The lowest BCUT2D eigenvalue weighted by molar-refractivity contribution is 0.0524. The minimum absolute atomic E-state index is 0.195. The summed E-state index contributed by atoms with van der Waals surface area (Å²) in [6.45, 7) is 6.35. The van der Waals surface area contributed by atoms with Crippen LogP contribution in [0.15, 0.2) is 4.79 Å². The number of hydrogen-bond donors (Lipinski definition) is 2. The lowest BCUT2D eigenvalue weighted by Gasteiger charge is -2.28. The molecule has 1 aliphatic rings. The van der Waals surface area contributed by atoms with Crippen molar-refractivity contribution in [3.63, 3.8) is 0 Å². The average molecular weight is 337 g/mol. The summed E-state index contributed by atoms with van der Waals surface area (Å²) in [7, 11) is 0. The van der Waals surface area contributed by atoms with Crippen LogP contribution in [0.1, 0.15) is 28.0 Å². The first-order valence-corrected chi connectivity index (χ1v) is 8.32. The van der Waals surface area contributed by atoms with Gasteiger partial charge in [-0.05, 0) is 26.3 Å². The molecule has 7 nitrogen and oxygen atoms in total. The summed E-state index contributed by atoms with van der Waals surface area (Å²) >= 11 is 1.22. The summed E-state index contributed by atoms with van der Waals surface area (Å²) in [5.74, 6) is 0.328. The molecule has 23 heavy (non-hydrogen) atoms. The van der Waals surface area contributed by atoms with Crippen molar-refractivity contribution >= 4 is 27.5 Å². The third kappa shape index (κ3) is 2.66. The topological polar surface area (TPSA) is 95.5 Å². The van der Waals surface area contributed by atoms with Crippen LogP contribution in [0.3, 0.4) is 0 Å². The Kier molecular flexibility index (Phi) is 4.22. The molecule has 124 valence electrons. The van der Waals surface area contributed by atoms with Crippen molar-refractivity contribution in [2.75, 3.05) is 19.8 Å². The standard InChI is InChI=1S/C15H19N3O4S/c1-4-18(9-5-22-6-10(9)19)15(21)12-7(2)11-13(20)16-8(3)17-14(11)23-12/h9-10,19H,4-6H2,1-3H3,(H,16,17,20). The molecule has 1 saturated heterocycles. The predicted molar refractivity (Wildman–Crippen MR) is 87.0 cm³/mol. The van der Waals surface area contributed by atoms with Crippen molar-refractivity contribution in [3.8, 4) is 0 Å². The van der Waals surface area contributed by atoms with Gasteiger partial charge in [0, 0.05) is 6.54 Å². The molecule has 2 unspecified atom stereocenters. The summed E-state index contributed by atoms with van der Waals surface area (Å²) in [4.78, 5) is 34.7. The highest BCUT2D eigenvalue weighted by Crippen LogP contribution is 2.29. The van der Waals surface area contributed by atoms with E-state index >= 15 is 0 Å². The van der Waals surface area contributed by atoms with Gasteiger partial charge >= 0.3 is 0 Å². The maximum Gasteiger partial charge on any atom is 0.264 e. The summed E-state index contributed by atoms with van der Waals surface area (Å²) in [6, 6.07) is -0.356. The maximum atomic E-state index is 12.9. The van der Waals surface area contributed by atoms with Crippen molar-refractivity contribution in [2.24, 2.45) is 0 Å². The second-order valence-corrected chi connectivity index (χ2v) is 6.65. The predicted octanol–water partition coefficient (Wildman–Crippen LogP) is 0.823. The van der Waals surface area contributed by atoms with E-state index in [9.17, 15) is 14.7 Å². The molecule has 3 heterocycles. The van der Waals surface area contributed by atoms with Gasteiger partial charge in [-0.15, -0.1) is 11.3 Å². The van der Waals surface area contributed by atoms with E-state index in [1.54, 1.807) is 18.7 Å². The third-order valence-corrected chi connectivity index (χ3v) is 5.31. The minimum Gasteiger partial charge on any atom is -0.388 e. The van der Waals surface area contributed by atoms with Crippen LogP contribution in [-0.4, -0.2) is 57.8 Å². The van der Waals surface area contributed by atoms with E-state index in [0.29, 0.717) is 39.6 Å². The lowest BCUT2D eigenvalue weighted by Crippen LogP contribution is -2.46. The molecular weight excluding hydrogens is 318 g/mol. The Hall–Kier alpha value is -1.77. The van der Waals surface area contributed by atoms with Gasteiger partial charge in [0.2, 0.25) is 0 Å². The normalized spacial score (nSPS) is 21.0. The number of fused-ring (bicyclic) bond motifs is 1. The zero-order valence-electron chi connectivity index (χ0n) is 13.3. The first-order valence-electron chi connectivity index (χ1n) is 7.50. The number of rotatable bonds is 3. The van der Waals surface area contributed by atoms with E-state index in [-0.39, 0.29) is 24.1 Å². The summed E-state index contributed by atoms with van der Waals surface area (Å²) in [5.41, 5.74) is 0.406. The van der Waals surface area contributed by atoms with Gasteiger partial charge in [-0.2, -0.15) is 0 Å². The number of nitrogens with one attached hydrogen (secondary N) is 1. The fourth-order valence-corrected chi connectivity index (χ4v) is 4.13. The van der Waals surface area contributed by atoms with E-state index < -0.39 is 6.10 Å². The Bertz CT molecular complexity index is 813. The van der Waals surface area contributed by atoms with Crippen LogP contribution >= 0.6 is 11.3 Å². The van der Waals surface area contributed by atoms with Gasteiger partial charge in [-0.3, -0.25) is 9.59 Å². The smallest absolute Gasteiger partial charge is 0.264 e. The number of thiophene rings is 1. The van der Waals surface area contributed by atoms with Crippen LogP contribution in [0.5, 0.6) is 0 Å². The molecule has 0 aromatic carbocycles. The van der Waals surface area contributed by atoms with Crippen LogP contribution in [0, 0.1) is 13.8 Å². The molecule has 1 aliphatic heterocycles. The number of aromatic nitrogens is 2. The number of aliphatic hydroxyl groups excluding tert-OH is 1. The van der Waals surface area contributed by atoms with Crippen LogP contribution in [0.2, 0.25) is 0 Å². The molecule has 0 bridgehead atoms. The van der Waals surface area contributed by atoms with E-state index in [1.807, 2.05) is 6.92 Å². The molecule has 2 aromatic heterocycles. The molecule has 1 amide bonds. The second-order valence-electron chi connectivity index (χ2n) is 5.65. The second kappa shape index (κ2) is 6.03. The number of aliphatic hydroxyl groups is 1. The zero-order chi connectivity index (χ0) is 16.7. The van der Waals surface area contributed by atoms with Gasteiger partial charge in [0.25, 0.3) is 11.5 Å². The molecule has 0 spiro atoms. The van der Waals surface area contributed by atoms with Gasteiger partial charge in [-0.1, -0.05) is 0 Å². The van der Waals surface area contributed by atoms with Gasteiger partial charge in [0.1, 0.15) is 10.7 Å². The number of H-pyrrole nitrogens is 1. The fraction of sp³-hybridized carbons (Fsp3) is 0.533. The highest BCUT2D eigenvalue weighted by atomic mass is 32.1. The van der Waals surface area contributed by atoms with Crippen molar-refractivity contribution in [1.82, 2.24) is 14.9 Å². The zero-order valence-corrected chi connectivity index (χ0v) is 14.1. The van der Waals surface area contributed by atoms with Gasteiger partial charge < -0.3 is 19.7 Å².